The smallest absolute Gasteiger partial charge is 0.123 e. The van der Waals surface area contributed by atoms with Crippen molar-refractivity contribution in [3.63, 3.8) is 0 Å². The molecular formula is C11H15NS. The molecule has 13 heavy (non-hydrogen) atoms. The molecule has 0 radical (unpaired) electrons. The molecule has 1 aromatic heterocycles. The summed E-state index contributed by atoms with van der Waals surface area (Å²) in [4.78, 5) is 4.52. The maximum Gasteiger partial charge on any atom is 0.123 e. The van der Waals surface area contributed by atoms with Crippen LogP contribution in [0.2, 0.25) is 0 Å². The molecule has 0 aliphatic rings. The van der Waals surface area contributed by atoms with Gasteiger partial charge < -0.3 is 0 Å². The number of rotatable bonds is 4. The number of hydrogen-bond donors (Lipinski definition) is 0. The van der Waals surface area contributed by atoms with Crippen molar-refractivity contribution in [3.8, 4) is 0 Å². The molecule has 0 amide bonds. The zero-order chi connectivity index (χ0) is 9.68. The van der Waals surface area contributed by atoms with Gasteiger partial charge in [0.2, 0.25) is 0 Å². The second-order valence-electron chi connectivity index (χ2n) is 2.84. The predicted octanol–water partition coefficient (Wildman–Crippen LogP) is 3.68. The quantitative estimate of drug-likeness (QED) is 0.665. The molecule has 0 atom stereocenters. The Balaban J connectivity index is 2.84. The van der Waals surface area contributed by atoms with Crippen LogP contribution in [0.5, 0.6) is 0 Å². The van der Waals surface area contributed by atoms with E-state index in [1.165, 1.54) is 5.69 Å². The largest absolute Gasteiger partial charge is 0.241 e. The SMILES string of the molecule is C=C/C(=C\C)c1nc(CCC)cs1. The van der Waals surface area contributed by atoms with Gasteiger partial charge in [-0.1, -0.05) is 32.1 Å². The van der Waals surface area contributed by atoms with Gasteiger partial charge in [0.25, 0.3) is 0 Å². The van der Waals surface area contributed by atoms with Crippen LogP contribution in [-0.4, -0.2) is 4.98 Å². The van der Waals surface area contributed by atoms with Crippen molar-refractivity contribution < 1.29 is 0 Å². The van der Waals surface area contributed by atoms with Gasteiger partial charge in [0.15, 0.2) is 0 Å². The summed E-state index contributed by atoms with van der Waals surface area (Å²) in [6, 6.07) is 0. The Morgan fingerprint density at radius 3 is 3.00 bits per heavy atom. The molecule has 0 unspecified atom stereocenters. The molecular weight excluding hydrogens is 178 g/mol. The van der Waals surface area contributed by atoms with E-state index < -0.39 is 0 Å². The van der Waals surface area contributed by atoms with E-state index in [0.717, 1.165) is 23.4 Å². The lowest BCUT2D eigenvalue weighted by Crippen LogP contribution is -1.84. The molecule has 0 saturated heterocycles. The van der Waals surface area contributed by atoms with E-state index in [2.05, 4.69) is 23.9 Å². The van der Waals surface area contributed by atoms with Crippen molar-refractivity contribution >= 4 is 16.9 Å². The molecule has 1 aromatic rings. The van der Waals surface area contributed by atoms with Crippen LogP contribution in [0.3, 0.4) is 0 Å². The summed E-state index contributed by atoms with van der Waals surface area (Å²) in [5, 5.41) is 3.22. The molecule has 0 aromatic carbocycles. The van der Waals surface area contributed by atoms with Crippen molar-refractivity contribution in [2.75, 3.05) is 0 Å². The Labute approximate surface area is 83.8 Å². The first-order valence-corrected chi connectivity index (χ1v) is 5.43. The van der Waals surface area contributed by atoms with Crippen molar-refractivity contribution in [1.82, 2.24) is 4.98 Å². The van der Waals surface area contributed by atoms with Gasteiger partial charge in [0.1, 0.15) is 5.01 Å². The van der Waals surface area contributed by atoms with Crippen LogP contribution >= 0.6 is 11.3 Å². The lowest BCUT2D eigenvalue weighted by Gasteiger charge is -1.93. The van der Waals surface area contributed by atoms with Crippen molar-refractivity contribution in [3.05, 3.63) is 34.8 Å². The zero-order valence-corrected chi connectivity index (χ0v) is 9.03. The minimum atomic E-state index is 1.07. The Kier molecular flexibility index (Phi) is 3.90. The summed E-state index contributed by atoms with van der Waals surface area (Å²) in [6.45, 7) is 7.94. The molecule has 0 N–H and O–H groups in total. The highest BCUT2D eigenvalue weighted by molar-refractivity contribution is 7.10. The van der Waals surface area contributed by atoms with Crippen LogP contribution in [0.4, 0.5) is 0 Å². The average Bonchev–Trinajstić information content (AvgIpc) is 2.56. The van der Waals surface area contributed by atoms with Crippen molar-refractivity contribution in [2.45, 2.75) is 26.7 Å². The molecule has 1 rings (SSSR count). The Morgan fingerprint density at radius 2 is 2.46 bits per heavy atom. The van der Waals surface area contributed by atoms with Crippen LogP contribution in [0, 0.1) is 0 Å². The Bertz CT molecular complexity index is 310. The zero-order valence-electron chi connectivity index (χ0n) is 8.21. The van der Waals surface area contributed by atoms with E-state index >= 15 is 0 Å². The number of aryl methyl sites for hydroxylation is 1. The lowest BCUT2D eigenvalue weighted by atomic mass is 10.2. The standard InChI is InChI=1S/C11H15NS/c1-4-7-10-8-13-11(12-10)9(5-2)6-3/h5-6,8H,2,4,7H2,1,3H3/b9-6+. The highest BCUT2D eigenvalue weighted by Gasteiger charge is 2.02. The molecule has 0 fully saturated rings. The highest BCUT2D eigenvalue weighted by atomic mass is 32.1. The third-order valence-electron chi connectivity index (χ3n) is 1.84. The molecule has 0 spiro atoms. The third-order valence-corrected chi connectivity index (χ3v) is 2.78. The molecule has 2 heteroatoms. The van der Waals surface area contributed by atoms with Gasteiger partial charge >= 0.3 is 0 Å². The average molecular weight is 193 g/mol. The molecule has 1 nitrogen and oxygen atoms in total. The van der Waals surface area contributed by atoms with Crippen LogP contribution in [-0.2, 0) is 6.42 Å². The second kappa shape index (κ2) is 4.97. The number of nitrogens with zero attached hydrogens (tertiary/aromatic N) is 1. The second-order valence-corrected chi connectivity index (χ2v) is 3.70. The van der Waals surface area contributed by atoms with Gasteiger partial charge in [-0.05, 0) is 13.3 Å². The fourth-order valence-electron chi connectivity index (χ4n) is 1.14. The van der Waals surface area contributed by atoms with E-state index in [4.69, 9.17) is 0 Å². The summed E-state index contributed by atoms with van der Waals surface area (Å²) in [6.07, 6.45) is 6.13. The molecule has 1 heterocycles. The van der Waals surface area contributed by atoms with Gasteiger partial charge in [-0.3, -0.25) is 0 Å². The van der Waals surface area contributed by atoms with Gasteiger partial charge in [0.05, 0.1) is 5.69 Å². The van der Waals surface area contributed by atoms with Crippen LogP contribution in [0.1, 0.15) is 31.0 Å². The summed E-state index contributed by atoms with van der Waals surface area (Å²) in [5.74, 6) is 0. The summed E-state index contributed by atoms with van der Waals surface area (Å²) in [7, 11) is 0. The van der Waals surface area contributed by atoms with Crippen molar-refractivity contribution in [1.29, 1.82) is 0 Å². The minimum Gasteiger partial charge on any atom is -0.241 e. The van der Waals surface area contributed by atoms with Crippen LogP contribution < -0.4 is 0 Å². The topological polar surface area (TPSA) is 12.9 Å². The van der Waals surface area contributed by atoms with Crippen LogP contribution in [0.25, 0.3) is 5.57 Å². The molecule has 0 bridgehead atoms. The van der Waals surface area contributed by atoms with E-state index in [1.807, 2.05) is 19.1 Å². The summed E-state index contributed by atoms with van der Waals surface area (Å²) < 4.78 is 0. The summed E-state index contributed by atoms with van der Waals surface area (Å²) >= 11 is 1.70. The maximum atomic E-state index is 4.52. The van der Waals surface area contributed by atoms with Gasteiger partial charge in [-0.2, -0.15) is 0 Å². The molecule has 0 aliphatic carbocycles. The van der Waals surface area contributed by atoms with Gasteiger partial charge in [0, 0.05) is 11.0 Å². The summed E-state index contributed by atoms with van der Waals surface area (Å²) in [5.41, 5.74) is 2.33. The van der Waals surface area contributed by atoms with Crippen molar-refractivity contribution in [2.24, 2.45) is 0 Å². The van der Waals surface area contributed by atoms with E-state index in [0.29, 0.717) is 0 Å². The number of aromatic nitrogens is 1. The van der Waals surface area contributed by atoms with Gasteiger partial charge in [-0.25, -0.2) is 4.98 Å². The fraction of sp³-hybridized carbons (Fsp3) is 0.364. The molecule has 0 saturated carbocycles. The Hall–Kier alpha value is -0.890. The number of hydrogen-bond acceptors (Lipinski definition) is 2. The van der Waals surface area contributed by atoms with E-state index in [1.54, 1.807) is 11.3 Å². The Morgan fingerprint density at radius 1 is 1.69 bits per heavy atom. The minimum absolute atomic E-state index is 1.07. The van der Waals surface area contributed by atoms with E-state index in [-0.39, 0.29) is 0 Å². The van der Waals surface area contributed by atoms with Gasteiger partial charge in [-0.15, -0.1) is 11.3 Å². The first kappa shape index (κ1) is 10.2. The first-order chi connectivity index (χ1) is 6.31. The number of allylic oxidation sites excluding steroid dienone is 3. The van der Waals surface area contributed by atoms with Crippen LogP contribution in [0.15, 0.2) is 24.1 Å². The number of thiazole rings is 1. The van der Waals surface area contributed by atoms with E-state index in [9.17, 15) is 0 Å². The molecule has 0 aliphatic heterocycles. The lowest BCUT2D eigenvalue weighted by molar-refractivity contribution is 0.891. The highest BCUT2D eigenvalue weighted by Crippen LogP contribution is 2.20. The monoisotopic (exact) mass is 193 g/mol. The molecule has 70 valence electrons. The third kappa shape index (κ3) is 2.52. The maximum absolute atomic E-state index is 4.52. The first-order valence-electron chi connectivity index (χ1n) is 4.55. The fourth-order valence-corrected chi connectivity index (χ4v) is 2.06. The predicted molar refractivity (Wildman–Crippen MR) is 60.0 cm³/mol. The normalized spacial score (nSPS) is 11.7.